The molecule has 0 aliphatic heterocycles. The zero-order chi connectivity index (χ0) is 7.84. The van der Waals surface area contributed by atoms with Crippen LogP contribution in [0, 0.1) is 0 Å². The Morgan fingerprint density at radius 2 is 1.82 bits per heavy atom. The van der Waals surface area contributed by atoms with Crippen molar-refractivity contribution in [2.75, 3.05) is 0 Å². The lowest BCUT2D eigenvalue weighted by molar-refractivity contribution is 1.14. The predicted octanol–water partition coefficient (Wildman–Crippen LogP) is 3.59. The van der Waals surface area contributed by atoms with Crippen molar-refractivity contribution >= 4 is 27.5 Å². The van der Waals surface area contributed by atoms with Gasteiger partial charge in [-0.1, -0.05) is 39.7 Å². The normalized spacial score (nSPS) is 28.5. The Hall–Kier alpha value is -0.0100. The van der Waals surface area contributed by atoms with Crippen LogP contribution in [-0.2, 0) is 0 Å². The second-order valence-corrected chi connectivity index (χ2v) is 4.52. The molecule has 0 aromatic heterocycles. The maximum Gasteiger partial charge on any atom is 0.0406 e. The molecule has 0 saturated heterocycles. The Morgan fingerprint density at radius 1 is 1.27 bits per heavy atom. The molecule has 0 bridgehead atoms. The Labute approximate surface area is 79.7 Å². The van der Waals surface area contributed by atoms with Crippen molar-refractivity contribution in [3.8, 4) is 0 Å². The minimum absolute atomic E-state index is 0.698. The molecule has 1 aliphatic carbocycles. The largest absolute Gasteiger partial charge is 0.0884 e. The van der Waals surface area contributed by atoms with E-state index < -0.39 is 0 Å². The number of hydrogen-bond donors (Lipinski definition) is 0. The van der Waals surface area contributed by atoms with Crippen LogP contribution >= 0.6 is 27.5 Å². The highest BCUT2D eigenvalue weighted by Crippen LogP contribution is 2.46. The van der Waals surface area contributed by atoms with Crippen LogP contribution < -0.4 is 0 Å². The van der Waals surface area contributed by atoms with Crippen molar-refractivity contribution < 1.29 is 0 Å². The van der Waals surface area contributed by atoms with Gasteiger partial charge < -0.3 is 0 Å². The standard InChI is InChI=1S/C9H8BrCl/c10-9-5-8(9)6-1-3-7(11)4-2-6/h1-4,8-9H,5H2/t8-,9+/m1/s1. The summed E-state index contributed by atoms with van der Waals surface area (Å²) in [6.07, 6.45) is 1.27. The first kappa shape index (κ1) is 7.63. The monoisotopic (exact) mass is 230 g/mol. The molecule has 1 saturated carbocycles. The quantitative estimate of drug-likeness (QED) is 0.648. The van der Waals surface area contributed by atoms with Gasteiger partial charge in [0.15, 0.2) is 0 Å². The Morgan fingerprint density at radius 3 is 2.27 bits per heavy atom. The van der Waals surface area contributed by atoms with Gasteiger partial charge in [0.1, 0.15) is 0 Å². The van der Waals surface area contributed by atoms with Crippen LogP contribution in [-0.4, -0.2) is 4.83 Å². The second kappa shape index (κ2) is 2.80. The molecule has 1 fully saturated rings. The Bertz CT molecular complexity index is 255. The van der Waals surface area contributed by atoms with Crippen molar-refractivity contribution in [3.63, 3.8) is 0 Å². The van der Waals surface area contributed by atoms with E-state index >= 15 is 0 Å². The van der Waals surface area contributed by atoms with Crippen LogP contribution in [0.5, 0.6) is 0 Å². The molecule has 0 radical (unpaired) electrons. The second-order valence-electron chi connectivity index (χ2n) is 2.91. The molecule has 58 valence electrons. The van der Waals surface area contributed by atoms with E-state index in [1.807, 2.05) is 12.1 Å². The summed E-state index contributed by atoms with van der Waals surface area (Å²) in [4.78, 5) is 0.698. The van der Waals surface area contributed by atoms with Crippen molar-refractivity contribution in [1.29, 1.82) is 0 Å². The lowest BCUT2D eigenvalue weighted by Gasteiger charge is -1.96. The highest BCUT2D eigenvalue weighted by atomic mass is 79.9. The Balaban J connectivity index is 2.21. The van der Waals surface area contributed by atoms with Crippen molar-refractivity contribution in [3.05, 3.63) is 34.9 Å². The van der Waals surface area contributed by atoms with Crippen LogP contribution in [0.15, 0.2) is 24.3 Å². The highest BCUT2D eigenvalue weighted by molar-refractivity contribution is 9.09. The lowest BCUT2D eigenvalue weighted by atomic mass is 10.1. The van der Waals surface area contributed by atoms with Gasteiger partial charge >= 0.3 is 0 Å². The molecule has 1 aromatic rings. The zero-order valence-electron chi connectivity index (χ0n) is 5.93. The van der Waals surface area contributed by atoms with Crippen molar-refractivity contribution in [1.82, 2.24) is 0 Å². The van der Waals surface area contributed by atoms with Gasteiger partial charge in [0.25, 0.3) is 0 Å². The van der Waals surface area contributed by atoms with Crippen LogP contribution in [0.2, 0.25) is 5.02 Å². The zero-order valence-corrected chi connectivity index (χ0v) is 8.27. The number of rotatable bonds is 1. The number of benzene rings is 1. The summed E-state index contributed by atoms with van der Waals surface area (Å²) in [6, 6.07) is 8.12. The fraction of sp³-hybridized carbons (Fsp3) is 0.333. The average Bonchev–Trinajstić information content (AvgIpc) is 2.69. The summed E-state index contributed by atoms with van der Waals surface area (Å²) >= 11 is 9.33. The number of alkyl halides is 1. The summed E-state index contributed by atoms with van der Waals surface area (Å²) in [5.74, 6) is 0.729. The van der Waals surface area contributed by atoms with E-state index in [-0.39, 0.29) is 0 Å². The van der Waals surface area contributed by atoms with Gasteiger partial charge in [-0.25, -0.2) is 0 Å². The van der Waals surface area contributed by atoms with Crippen molar-refractivity contribution in [2.45, 2.75) is 17.2 Å². The van der Waals surface area contributed by atoms with Crippen LogP contribution in [0.25, 0.3) is 0 Å². The van der Waals surface area contributed by atoms with E-state index in [1.165, 1.54) is 12.0 Å². The van der Waals surface area contributed by atoms with Gasteiger partial charge in [0.2, 0.25) is 0 Å². The van der Waals surface area contributed by atoms with Gasteiger partial charge in [0, 0.05) is 9.85 Å². The predicted molar refractivity (Wildman–Crippen MR) is 51.5 cm³/mol. The summed E-state index contributed by atoms with van der Waals surface area (Å²) < 4.78 is 0. The minimum Gasteiger partial charge on any atom is -0.0884 e. The van der Waals surface area contributed by atoms with Gasteiger partial charge in [-0.05, 0) is 30.0 Å². The molecule has 2 rings (SSSR count). The molecule has 0 amide bonds. The summed E-state index contributed by atoms with van der Waals surface area (Å²) in [5, 5.41) is 0.820. The smallest absolute Gasteiger partial charge is 0.0406 e. The summed E-state index contributed by atoms with van der Waals surface area (Å²) in [7, 11) is 0. The first-order valence-electron chi connectivity index (χ1n) is 3.67. The van der Waals surface area contributed by atoms with Gasteiger partial charge in [-0.2, -0.15) is 0 Å². The minimum atomic E-state index is 0.698. The molecule has 0 N–H and O–H groups in total. The molecular formula is C9H8BrCl. The van der Waals surface area contributed by atoms with Gasteiger partial charge in [-0.3, -0.25) is 0 Å². The lowest BCUT2D eigenvalue weighted by Crippen LogP contribution is -1.79. The maximum absolute atomic E-state index is 5.76. The van der Waals surface area contributed by atoms with Crippen molar-refractivity contribution in [2.24, 2.45) is 0 Å². The molecule has 0 unspecified atom stereocenters. The number of hydrogen-bond acceptors (Lipinski definition) is 0. The molecule has 11 heavy (non-hydrogen) atoms. The van der Waals surface area contributed by atoms with Gasteiger partial charge in [0.05, 0.1) is 0 Å². The third-order valence-electron chi connectivity index (χ3n) is 2.01. The average molecular weight is 232 g/mol. The highest BCUT2D eigenvalue weighted by Gasteiger charge is 2.35. The van der Waals surface area contributed by atoms with Crippen LogP contribution in [0.3, 0.4) is 0 Å². The molecule has 2 heteroatoms. The third-order valence-corrected chi connectivity index (χ3v) is 3.27. The van der Waals surface area contributed by atoms with E-state index in [0.717, 1.165) is 10.9 Å². The van der Waals surface area contributed by atoms with E-state index in [4.69, 9.17) is 11.6 Å². The van der Waals surface area contributed by atoms with Gasteiger partial charge in [-0.15, -0.1) is 0 Å². The molecule has 2 atom stereocenters. The van der Waals surface area contributed by atoms with E-state index in [1.54, 1.807) is 0 Å². The van der Waals surface area contributed by atoms with Crippen LogP contribution in [0.1, 0.15) is 17.9 Å². The number of halogens is 2. The SMILES string of the molecule is Clc1ccc([C@H]2C[C@@H]2Br)cc1. The molecular weight excluding hydrogens is 223 g/mol. The summed E-state index contributed by atoms with van der Waals surface area (Å²) in [6.45, 7) is 0. The first-order valence-corrected chi connectivity index (χ1v) is 4.96. The van der Waals surface area contributed by atoms with Crippen LogP contribution in [0.4, 0.5) is 0 Å². The fourth-order valence-corrected chi connectivity index (χ4v) is 2.05. The molecule has 0 heterocycles. The molecule has 0 nitrogen and oxygen atoms in total. The molecule has 1 aliphatic rings. The molecule has 0 spiro atoms. The van der Waals surface area contributed by atoms with E-state index in [9.17, 15) is 0 Å². The third kappa shape index (κ3) is 1.60. The van der Waals surface area contributed by atoms with E-state index in [2.05, 4.69) is 28.1 Å². The fourth-order valence-electron chi connectivity index (χ4n) is 1.22. The maximum atomic E-state index is 5.76. The summed E-state index contributed by atoms with van der Waals surface area (Å²) in [5.41, 5.74) is 1.40. The topological polar surface area (TPSA) is 0 Å². The first-order chi connectivity index (χ1) is 5.27. The Kier molecular flexibility index (Phi) is 1.94. The molecule has 1 aromatic carbocycles. The van der Waals surface area contributed by atoms with E-state index in [0.29, 0.717) is 4.83 Å².